The van der Waals surface area contributed by atoms with E-state index in [2.05, 4.69) is 25.8 Å². The van der Waals surface area contributed by atoms with Crippen LogP contribution in [0, 0.1) is 17.3 Å². The Morgan fingerprint density at radius 1 is 1.36 bits per heavy atom. The van der Waals surface area contributed by atoms with Crippen LogP contribution >= 0.6 is 0 Å². The van der Waals surface area contributed by atoms with Gasteiger partial charge in [-0.15, -0.1) is 0 Å². The van der Waals surface area contributed by atoms with Crippen molar-refractivity contribution in [2.75, 3.05) is 20.1 Å². The van der Waals surface area contributed by atoms with Crippen LogP contribution < -0.4 is 5.73 Å². The summed E-state index contributed by atoms with van der Waals surface area (Å²) >= 11 is 0. The van der Waals surface area contributed by atoms with Crippen LogP contribution in [-0.4, -0.2) is 31.1 Å². The number of likely N-dealkylation sites (tertiary alicyclic amines) is 1. The molecule has 3 atom stereocenters. The molecule has 14 heavy (non-hydrogen) atoms. The molecule has 0 radical (unpaired) electrons. The Kier molecular flexibility index (Phi) is 2.61. The van der Waals surface area contributed by atoms with Gasteiger partial charge in [0.1, 0.15) is 0 Å². The lowest BCUT2D eigenvalue weighted by Gasteiger charge is -2.33. The highest BCUT2D eigenvalue weighted by atomic mass is 15.1. The lowest BCUT2D eigenvalue weighted by atomic mass is 9.94. The third kappa shape index (κ3) is 1.49. The summed E-state index contributed by atoms with van der Waals surface area (Å²) < 4.78 is 0. The topological polar surface area (TPSA) is 29.3 Å². The van der Waals surface area contributed by atoms with Gasteiger partial charge in [-0.25, -0.2) is 0 Å². The van der Waals surface area contributed by atoms with Gasteiger partial charge in [0.25, 0.3) is 0 Å². The van der Waals surface area contributed by atoms with Crippen molar-refractivity contribution in [3.63, 3.8) is 0 Å². The fraction of sp³-hybridized carbons (Fsp3) is 1.00. The number of hydrogen-bond acceptors (Lipinski definition) is 2. The zero-order chi connectivity index (χ0) is 10.3. The minimum atomic E-state index is 0.505. The second kappa shape index (κ2) is 3.49. The van der Waals surface area contributed by atoms with E-state index >= 15 is 0 Å². The SMILES string of the molecule is CN1CCCCC1C1C(CN)C1(C)C. The van der Waals surface area contributed by atoms with E-state index in [0.29, 0.717) is 5.41 Å². The minimum Gasteiger partial charge on any atom is -0.330 e. The first-order valence-electron chi connectivity index (χ1n) is 5.99. The molecule has 82 valence electrons. The minimum absolute atomic E-state index is 0.505. The first-order valence-corrected chi connectivity index (χ1v) is 5.99. The molecule has 2 N–H and O–H groups in total. The summed E-state index contributed by atoms with van der Waals surface area (Å²) in [6, 6.07) is 0.812. The van der Waals surface area contributed by atoms with Crippen molar-refractivity contribution in [1.29, 1.82) is 0 Å². The van der Waals surface area contributed by atoms with Gasteiger partial charge in [0.05, 0.1) is 0 Å². The predicted octanol–water partition coefficient (Wildman–Crippen LogP) is 1.70. The van der Waals surface area contributed by atoms with Gasteiger partial charge in [-0.2, -0.15) is 0 Å². The number of hydrogen-bond donors (Lipinski definition) is 1. The molecule has 1 heterocycles. The Morgan fingerprint density at radius 3 is 2.57 bits per heavy atom. The highest BCUT2D eigenvalue weighted by molar-refractivity contribution is 5.10. The maximum Gasteiger partial charge on any atom is 0.0129 e. The second-order valence-electron chi connectivity index (χ2n) is 5.73. The molecule has 2 aliphatic rings. The number of rotatable bonds is 2. The van der Waals surface area contributed by atoms with Crippen molar-refractivity contribution in [1.82, 2.24) is 4.90 Å². The first kappa shape index (κ1) is 10.4. The highest BCUT2D eigenvalue weighted by Crippen LogP contribution is 2.61. The summed E-state index contributed by atoms with van der Waals surface area (Å²) in [5, 5.41) is 0. The van der Waals surface area contributed by atoms with Crippen LogP contribution in [0.4, 0.5) is 0 Å². The van der Waals surface area contributed by atoms with Crippen molar-refractivity contribution in [3.8, 4) is 0 Å². The number of nitrogens with zero attached hydrogens (tertiary/aromatic N) is 1. The largest absolute Gasteiger partial charge is 0.330 e. The van der Waals surface area contributed by atoms with Crippen LogP contribution in [0.5, 0.6) is 0 Å². The molecule has 2 fully saturated rings. The molecule has 0 aromatic heterocycles. The highest BCUT2D eigenvalue weighted by Gasteiger charge is 2.60. The molecule has 0 bridgehead atoms. The van der Waals surface area contributed by atoms with Gasteiger partial charge >= 0.3 is 0 Å². The van der Waals surface area contributed by atoms with Crippen molar-refractivity contribution in [2.24, 2.45) is 23.0 Å². The van der Waals surface area contributed by atoms with Crippen LogP contribution in [0.3, 0.4) is 0 Å². The van der Waals surface area contributed by atoms with Crippen LogP contribution in [0.1, 0.15) is 33.1 Å². The lowest BCUT2D eigenvalue weighted by Crippen LogP contribution is -2.39. The zero-order valence-corrected chi connectivity index (χ0v) is 9.79. The van der Waals surface area contributed by atoms with Crippen molar-refractivity contribution >= 4 is 0 Å². The standard InChI is InChI=1S/C12H24N2/c1-12(2)9(8-13)11(12)10-6-4-5-7-14(10)3/h9-11H,4-8,13H2,1-3H3. The molecule has 0 spiro atoms. The summed E-state index contributed by atoms with van der Waals surface area (Å²) in [6.45, 7) is 6.94. The van der Waals surface area contributed by atoms with E-state index in [1.807, 2.05) is 0 Å². The maximum atomic E-state index is 5.83. The van der Waals surface area contributed by atoms with E-state index in [-0.39, 0.29) is 0 Å². The Morgan fingerprint density at radius 2 is 2.07 bits per heavy atom. The van der Waals surface area contributed by atoms with Crippen molar-refractivity contribution in [2.45, 2.75) is 39.2 Å². The maximum absolute atomic E-state index is 5.83. The summed E-state index contributed by atoms with van der Waals surface area (Å²) in [7, 11) is 2.28. The van der Waals surface area contributed by atoms with E-state index in [9.17, 15) is 0 Å². The Balaban J connectivity index is 2.02. The third-order valence-electron chi connectivity index (χ3n) is 4.63. The lowest BCUT2D eigenvalue weighted by molar-refractivity contribution is 0.150. The smallest absolute Gasteiger partial charge is 0.0129 e. The van der Waals surface area contributed by atoms with Crippen LogP contribution in [0.15, 0.2) is 0 Å². The van der Waals surface area contributed by atoms with E-state index in [4.69, 9.17) is 5.73 Å². The molecule has 0 aromatic carbocycles. The molecule has 2 rings (SSSR count). The Labute approximate surface area is 87.8 Å². The average molecular weight is 196 g/mol. The molecule has 1 saturated carbocycles. The fourth-order valence-electron chi connectivity index (χ4n) is 3.56. The quantitative estimate of drug-likeness (QED) is 0.728. The van der Waals surface area contributed by atoms with E-state index in [1.54, 1.807) is 0 Å². The summed E-state index contributed by atoms with van der Waals surface area (Å²) in [5.74, 6) is 1.63. The average Bonchev–Trinajstić information content (AvgIpc) is 2.69. The Hall–Kier alpha value is -0.0800. The van der Waals surface area contributed by atoms with Crippen molar-refractivity contribution < 1.29 is 0 Å². The van der Waals surface area contributed by atoms with Gasteiger partial charge in [-0.3, -0.25) is 0 Å². The van der Waals surface area contributed by atoms with E-state index < -0.39 is 0 Å². The normalized spacial score (nSPS) is 42.4. The zero-order valence-electron chi connectivity index (χ0n) is 9.79. The molecule has 1 aliphatic heterocycles. The molecule has 1 saturated heterocycles. The molecule has 2 nitrogen and oxygen atoms in total. The molecule has 3 unspecified atom stereocenters. The fourth-order valence-corrected chi connectivity index (χ4v) is 3.56. The van der Waals surface area contributed by atoms with Crippen LogP contribution in [-0.2, 0) is 0 Å². The van der Waals surface area contributed by atoms with Gasteiger partial charge in [0.2, 0.25) is 0 Å². The summed E-state index contributed by atoms with van der Waals surface area (Å²) in [6.07, 6.45) is 4.19. The van der Waals surface area contributed by atoms with Gasteiger partial charge in [0.15, 0.2) is 0 Å². The summed E-state index contributed by atoms with van der Waals surface area (Å²) in [5.41, 5.74) is 6.34. The van der Waals surface area contributed by atoms with Gasteiger partial charge < -0.3 is 10.6 Å². The van der Waals surface area contributed by atoms with Crippen LogP contribution in [0.2, 0.25) is 0 Å². The van der Waals surface area contributed by atoms with Crippen molar-refractivity contribution in [3.05, 3.63) is 0 Å². The molecule has 0 amide bonds. The summed E-state index contributed by atoms with van der Waals surface area (Å²) in [4.78, 5) is 2.56. The number of nitrogens with two attached hydrogens (primary N) is 1. The van der Waals surface area contributed by atoms with E-state index in [0.717, 1.165) is 24.4 Å². The molecule has 1 aliphatic carbocycles. The van der Waals surface area contributed by atoms with Crippen LogP contribution in [0.25, 0.3) is 0 Å². The molecule has 2 heteroatoms. The number of piperidine rings is 1. The second-order valence-corrected chi connectivity index (χ2v) is 5.73. The first-order chi connectivity index (χ1) is 6.59. The molecule has 0 aromatic rings. The van der Waals surface area contributed by atoms with E-state index in [1.165, 1.54) is 25.8 Å². The van der Waals surface area contributed by atoms with Gasteiger partial charge in [-0.1, -0.05) is 20.3 Å². The Bertz CT molecular complexity index is 212. The van der Waals surface area contributed by atoms with Gasteiger partial charge in [-0.05, 0) is 50.2 Å². The monoisotopic (exact) mass is 196 g/mol. The molecular weight excluding hydrogens is 172 g/mol. The van der Waals surface area contributed by atoms with Gasteiger partial charge in [0, 0.05) is 6.04 Å². The molecular formula is C12H24N2. The third-order valence-corrected chi connectivity index (χ3v) is 4.63. The predicted molar refractivity (Wildman–Crippen MR) is 60.1 cm³/mol.